The average molecular weight is 570 g/mol. The van der Waals surface area contributed by atoms with Gasteiger partial charge in [-0.3, -0.25) is 13.9 Å². The molecular formula is C30H36ClN3O4S. The molecule has 7 nitrogen and oxygen atoms in total. The van der Waals surface area contributed by atoms with Gasteiger partial charge in [0.2, 0.25) is 11.8 Å². The van der Waals surface area contributed by atoms with Crippen LogP contribution in [-0.4, -0.2) is 44.3 Å². The zero-order valence-corrected chi connectivity index (χ0v) is 24.4. The lowest BCUT2D eigenvalue weighted by Gasteiger charge is -2.32. The Bertz CT molecular complexity index is 1380. The fraction of sp³-hybridized carbons (Fsp3) is 0.333. The zero-order chi connectivity index (χ0) is 28.6. The van der Waals surface area contributed by atoms with Gasteiger partial charge in [-0.1, -0.05) is 78.5 Å². The smallest absolute Gasteiger partial charge is 0.264 e. The molecule has 3 rings (SSSR count). The number of anilines is 1. The van der Waals surface area contributed by atoms with Crippen LogP contribution in [0.5, 0.6) is 0 Å². The highest BCUT2D eigenvalue weighted by Crippen LogP contribution is 2.27. The van der Waals surface area contributed by atoms with Crippen molar-refractivity contribution < 1.29 is 18.0 Å². The SMILES string of the molecule is CCCCNC(=O)[C@@H](C)N(Cc1ccc(C)cc1)C(=O)CN(c1cccc(Cl)c1)S(=O)(=O)c1ccc(C)cc1. The molecule has 0 unspecified atom stereocenters. The number of carbonyl (C=O) groups excluding carboxylic acids is 2. The fourth-order valence-electron chi connectivity index (χ4n) is 4.01. The summed E-state index contributed by atoms with van der Waals surface area (Å²) >= 11 is 6.21. The molecule has 0 radical (unpaired) electrons. The second-order valence-electron chi connectivity index (χ2n) is 9.63. The van der Waals surface area contributed by atoms with E-state index in [0.29, 0.717) is 11.6 Å². The number of hydrogen-bond donors (Lipinski definition) is 1. The minimum absolute atomic E-state index is 0.0521. The third-order valence-corrected chi connectivity index (χ3v) is 8.48. The number of aryl methyl sites for hydroxylation is 2. The van der Waals surface area contributed by atoms with Crippen LogP contribution in [-0.2, 0) is 26.2 Å². The Hall–Kier alpha value is -3.36. The Balaban J connectivity index is 1.99. The minimum Gasteiger partial charge on any atom is -0.354 e. The lowest BCUT2D eigenvalue weighted by molar-refractivity contribution is -0.139. The van der Waals surface area contributed by atoms with Crippen molar-refractivity contribution in [3.05, 3.63) is 94.5 Å². The highest BCUT2D eigenvalue weighted by Gasteiger charge is 2.32. The first kappa shape index (κ1) is 30.2. The van der Waals surface area contributed by atoms with Crippen molar-refractivity contribution in [3.8, 4) is 0 Å². The number of unbranched alkanes of at least 4 members (excludes halogenated alkanes) is 1. The van der Waals surface area contributed by atoms with E-state index < -0.39 is 28.5 Å². The number of carbonyl (C=O) groups is 2. The summed E-state index contributed by atoms with van der Waals surface area (Å²) in [7, 11) is -4.13. The van der Waals surface area contributed by atoms with Gasteiger partial charge in [0.15, 0.2) is 0 Å². The summed E-state index contributed by atoms with van der Waals surface area (Å²) in [5.74, 6) is -0.802. The summed E-state index contributed by atoms with van der Waals surface area (Å²) in [6, 6.07) is 19.7. The van der Waals surface area contributed by atoms with E-state index in [4.69, 9.17) is 11.6 Å². The summed E-state index contributed by atoms with van der Waals surface area (Å²) in [5, 5.41) is 3.22. The first-order valence-corrected chi connectivity index (χ1v) is 14.8. The Labute approximate surface area is 236 Å². The van der Waals surface area contributed by atoms with E-state index in [1.54, 1.807) is 37.3 Å². The van der Waals surface area contributed by atoms with Gasteiger partial charge in [-0.15, -0.1) is 0 Å². The van der Waals surface area contributed by atoms with E-state index in [-0.39, 0.29) is 23.0 Å². The number of nitrogens with zero attached hydrogens (tertiary/aromatic N) is 2. The molecule has 3 aromatic carbocycles. The Kier molecular flexibility index (Phi) is 10.5. The van der Waals surface area contributed by atoms with Crippen molar-refractivity contribution in [3.63, 3.8) is 0 Å². The zero-order valence-electron chi connectivity index (χ0n) is 22.9. The molecule has 0 bridgehead atoms. The van der Waals surface area contributed by atoms with Crippen molar-refractivity contribution in [1.29, 1.82) is 0 Å². The number of amides is 2. The van der Waals surface area contributed by atoms with Crippen LogP contribution in [0.4, 0.5) is 5.69 Å². The molecular weight excluding hydrogens is 534 g/mol. The van der Waals surface area contributed by atoms with Crippen LogP contribution in [0.25, 0.3) is 0 Å². The molecule has 9 heteroatoms. The standard InChI is InChI=1S/C30H36ClN3O4S/c1-5-6-18-32-30(36)24(4)33(20-25-14-10-22(2)11-15-25)29(35)21-34(27-9-7-8-26(31)19-27)39(37,38)28-16-12-23(3)13-17-28/h7-17,19,24H,5-6,18,20-21H2,1-4H3,(H,32,36)/t24-/m1/s1. The van der Waals surface area contributed by atoms with Crippen molar-refractivity contribution in [2.75, 3.05) is 17.4 Å². The summed E-state index contributed by atoms with van der Waals surface area (Å²) in [6.45, 7) is 7.67. The molecule has 1 N–H and O–H groups in total. The predicted octanol–water partition coefficient (Wildman–Crippen LogP) is 5.49. The minimum atomic E-state index is -4.13. The molecule has 0 aliphatic rings. The third-order valence-electron chi connectivity index (χ3n) is 6.45. The number of rotatable bonds is 12. The highest BCUT2D eigenvalue weighted by atomic mass is 35.5. The van der Waals surface area contributed by atoms with Gasteiger partial charge in [-0.05, 0) is 63.1 Å². The third kappa shape index (κ3) is 8.07. The summed E-state index contributed by atoms with van der Waals surface area (Å²) in [5.41, 5.74) is 3.06. The lowest BCUT2D eigenvalue weighted by atomic mass is 10.1. The van der Waals surface area contributed by atoms with E-state index in [1.807, 2.05) is 45.0 Å². The maximum Gasteiger partial charge on any atom is 0.264 e. The molecule has 0 fully saturated rings. The Morgan fingerprint density at radius 2 is 1.56 bits per heavy atom. The Morgan fingerprint density at radius 3 is 2.15 bits per heavy atom. The molecule has 0 saturated carbocycles. The summed E-state index contributed by atoms with van der Waals surface area (Å²) < 4.78 is 28.7. The maximum absolute atomic E-state index is 13.9. The van der Waals surface area contributed by atoms with E-state index >= 15 is 0 Å². The van der Waals surface area contributed by atoms with Crippen LogP contribution in [0.2, 0.25) is 5.02 Å². The molecule has 0 heterocycles. The van der Waals surface area contributed by atoms with Crippen LogP contribution in [0.1, 0.15) is 43.4 Å². The van der Waals surface area contributed by atoms with E-state index in [1.165, 1.54) is 23.1 Å². The molecule has 0 aliphatic heterocycles. The normalized spacial score (nSPS) is 12.0. The maximum atomic E-state index is 13.9. The number of sulfonamides is 1. The first-order chi connectivity index (χ1) is 18.5. The van der Waals surface area contributed by atoms with Crippen LogP contribution < -0.4 is 9.62 Å². The van der Waals surface area contributed by atoms with Crippen LogP contribution in [0.3, 0.4) is 0 Å². The molecule has 0 aliphatic carbocycles. The van der Waals surface area contributed by atoms with Gasteiger partial charge >= 0.3 is 0 Å². The highest BCUT2D eigenvalue weighted by molar-refractivity contribution is 7.92. The van der Waals surface area contributed by atoms with E-state index in [0.717, 1.165) is 33.8 Å². The molecule has 0 aromatic heterocycles. The topological polar surface area (TPSA) is 86.8 Å². The van der Waals surface area contributed by atoms with Crippen molar-refractivity contribution in [2.45, 2.75) is 58.0 Å². The van der Waals surface area contributed by atoms with Crippen LogP contribution in [0, 0.1) is 13.8 Å². The van der Waals surface area contributed by atoms with Gasteiger partial charge in [0.05, 0.1) is 10.6 Å². The predicted molar refractivity (Wildman–Crippen MR) is 156 cm³/mol. The van der Waals surface area contributed by atoms with Gasteiger partial charge in [0.25, 0.3) is 10.0 Å². The Morgan fingerprint density at radius 1 is 0.949 bits per heavy atom. The van der Waals surface area contributed by atoms with E-state index in [9.17, 15) is 18.0 Å². The number of nitrogens with one attached hydrogen (secondary N) is 1. The summed E-state index contributed by atoms with van der Waals surface area (Å²) in [6.07, 6.45) is 1.74. The second-order valence-corrected chi connectivity index (χ2v) is 11.9. The van der Waals surface area contributed by atoms with Crippen LogP contribution >= 0.6 is 11.6 Å². The van der Waals surface area contributed by atoms with E-state index in [2.05, 4.69) is 5.32 Å². The molecule has 208 valence electrons. The molecule has 0 saturated heterocycles. The number of benzene rings is 3. The largest absolute Gasteiger partial charge is 0.354 e. The second kappa shape index (κ2) is 13.6. The quantitative estimate of drug-likeness (QED) is 0.292. The average Bonchev–Trinajstić information content (AvgIpc) is 2.91. The van der Waals surface area contributed by atoms with Gasteiger partial charge in [0, 0.05) is 18.1 Å². The van der Waals surface area contributed by atoms with Crippen LogP contribution in [0.15, 0.2) is 77.7 Å². The van der Waals surface area contributed by atoms with Gasteiger partial charge in [0.1, 0.15) is 12.6 Å². The van der Waals surface area contributed by atoms with Gasteiger partial charge < -0.3 is 10.2 Å². The monoisotopic (exact) mass is 569 g/mol. The van der Waals surface area contributed by atoms with Crippen molar-refractivity contribution in [2.24, 2.45) is 0 Å². The summed E-state index contributed by atoms with van der Waals surface area (Å²) in [4.78, 5) is 28.4. The molecule has 0 spiro atoms. The number of halogens is 1. The van der Waals surface area contributed by atoms with Gasteiger partial charge in [-0.25, -0.2) is 8.42 Å². The number of hydrogen-bond acceptors (Lipinski definition) is 4. The molecule has 1 atom stereocenters. The lowest BCUT2D eigenvalue weighted by Crippen LogP contribution is -2.51. The van der Waals surface area contributed by atoms with Gasteiger partial charge in [-0.2, -0.15) is 0 Å². The molecule has 3 aromatic rings. The molecule has 39 heavy (non-hydrogen) atoms. The first-order valence-electron chi connectivity index (χ1n) is 13.0. The van der Waals surface area contributed by atoms with Crippen molar-refractivity contribution in [1.82, 2.24) is 10.2 Å². The fourth-order valence-corrected chi connectivity index (χ4v) is 5.60. The molecule has 2 amide bonds. The van der Waals surface area contributed by atoms with Crippen molar-refractivity contribution >= 4 is 39.1 Å².